The van der Waals surface area contributed by atoms with Gasteiger partial charge in [-0.05, 0) is 37.1 Å². The second-order valence-electron chi connectivity index (χ2n) is 5.60. The lowest BCUT2D eigenvalue weighted by Gasteiger charge is -2.14. The summed E-state index contributed by atoms with van der Waals surface area (Å²) in [4.78, 5) is 16.4. The number of hydrogen-bond donors (Lipinski definition) is 3. The number of benzene rings is 1. The van der Waals surface area contributed by atoms with Gasteiger partial charge in [-0.15, -0.1) is 0 Å². The van der Waals surface area contributed by atoms with Crippen LogP contribution >= 0.6 is 0 Å². The number of carbonyl (C=O) groups excluding carboxylic acids is 1. The van der Waals surface area contributed by atoms with Crippen LogP contribution in [0.4, 0.5) is 0 Å². The molecule has 0 bridgehead atoms. The molecule has 0 saturated carbocycles. The van der Waals surface area contributed by atoms with E-state index in [2.05, 4.69) is 21.2 Å². The highest BCUT2D eigenvalue weighted by Crippen LogP contribution is 2.29. The Balaban J connectivity index is 1.74. The van der Waals surface area contributed by atoms with E-state index in [1.807, 2.05) is 44.2 Å². The van der Waals surface area contributed by atoms with E-state index in [1.54, 1.807) is 12.3 Å². The standard InChI is InChI=1S/C18H20N4O2/c1-12-5-3-6-13(2)16(12)24-18-14(7-4-9-19-18)11-20-17(23)15-8-10-21-22-15/h3-9,21-22H,10-11H2,1-2H3,(H,20,23). The Labute approximate surface area is 140 Å². The summed E-state index contributed by atoms with van der Waals surface area (Å²) in [5, 5.41) is 2.87. The number of aromatic nitrogens is 1. The van der Waals surface area contributed by atoms with Crippen molar-refractivity contribution in [2.24, 2.45) is 0 Å². The van der Waals surface area contributed by atoms with Gasteiger partial charge in [0.05, 0.1) is 0 Å². The van der Waals surface area contributed by atoms with Crippen LogP contribution in [0.2, 0.25) is 0 Å². The van der Waals surface area contributed by atoms with Gasteiger partial charge in [0.25, 0.3) is 5.91 Å². The molecule has 3 rings (SSSR count). The fourth-order valence-electron chi connectivity index (χ4n) is 2.48. The van der Waals surface area contributed by atoms with Gasteiger partial charge in [-0.25, -0.2) is 10.4 Å². The molecule has 24 heavy (non-hydrogen) atoms. The minimum Gasteiger partial charge on any atom is -0.438 e. The zero-order valence-corrected chi connectivity index (χ0v) is 13.7. The molecule has 3 N–H and O–H groups in total. The number of amides is 1. The Morgan fingerprint density at radius 2 is 2.04 bits per heavy atom. The minimum atomic E-state index is -0.165. The largest absolute Gasteiger partial charge is 0.438 e. The Morgan fingerprint density at radius 3 is 2.75 bits per heavy atom. The van der Waals surface area contributed by atoms with Crippen molar-refractivity contribution < 1.29 is 9.53 Å². The van der Waals surface area contributed by atoms with E-state index in [0.717, 1.165) is 22.4 Å². The monoisotopic (exact) mass is 324 g/mol. The van der Waals surface area contributed by atoms with Gasteiger partial charge in [-0.2, -0.15) is 0 Å². The predicted octanol–water partition coefficient (Wildman–Crippen LogP) is 2.10. The first-order chi connectivity index (χ1) is 11.6. The Bertz CT molecular complexity index is 766. The molecule has 1 aromatic carbocycles. The van der Waals surface area contributed by atoms with E-state index >= 15 is 0 Å². The third-order valence-corrected chi connectivity index (χ3v) is 3.77. The SMILES string of the molecule is Cc1cccc(C)c1Oc1ncccc1CNC(=O)C1=CCNN1. The summed E-state index contributed by atoms with van der Waals surface area (Å²) < 4.78 is 6.02. The van der Waals surface area contributed by atoms with Gasteiger partial charge >= 0.3 is 0 Å². The lowest BCUT2D eigenvalue weighted by Crippen LogP contribution is -2.33. The summed E-state index contributed by atoms with van der Waals surface area (Å²) in [7, 11) is 0. The highest BCUT2D eigenvalue weighted by molar-refractivity contribution is 5.93. The fraction of sp³-hybridized carbons (Fsp3) is 0.222. The molecule has 0 spiro atoms. The lowest BCUT2D eigenvalue weighted by atomic mass is 10.1. The van der Waals surface area contributed by atoms with Crippen molar-refractivity contribution in [3.05, 3.63) is 65.0 Å². The summed E-state index contributed by atoms with van der Waals surface area (Å²) in [6, 6.07) is 9.71. The highest BCUT2D eigenvalue weighted by Gasteiger charge is 2.14. The summed E-state index contributed by atoms with van der Waals surface area (Å²) in [5.74, 6) is 1.14. The molecule has 0 saturated heterocycles. The summed E-state index contributed by atoms with van der Waals surface area (Å²) in [5.41, 5.74) is 9.11. The molecule has 2 heterocycles. The smallest absolute Gasteiger partial charge is 0.268 e. The zero-order chi connectivity index (χ0) is 16.9. The average molecular weight is 324 g/mol. The summed E-state index contributed by atoms with van der Waals surface area (Å²) in [6.45, 7) is 4.97. The summed E-state index contributed by atoms with van der Waals surface area (Å²) >= 11 is 0. The van der Waals surface area contributed by atoms with E-state index in [4.69, 9.17) is 4.74 Å². The third-order valence-electron chi connectivity index (χ3n) is 3.77. The van der Waals surface area contributed by atoms with E-state index < -0.39 is 0 Å². The second kappa shape index (κ2) is 7.14. The maximum absolute atomic E-state index is 12.1. The van der Waals surface area contributed by atoms with Crippen LogP contribution in [0.25, 0.3) is 0 Å². The maximum atomic E-state index is 12.1. The number of ether oxygens (including phenoxy) is 1. The topological polar surface area (TPSA) is 75.3 Å². The predicted molar refractivity (Wildman–Crippen MR) is 91.3 cm³/mol. The number of rotatable bonds is 5. The number of hydrogen-bond acceptors (Lipinski definition) is 5. The molecule has 0 atom stereocenters. The van der Waals surface area contributed by atoms with Crippen LogP contribution in [0.15, 0.2) is 48.3 Å². The number of nitrogens with one attached hydrogen (secondary N) is 3. The van der Waals surface area contributed by atoms with Crippen molar-refractivity contribution in [1.82, 2.24) is 21.2 Å². The Hall–Kier alpha value is -2.86. The van der Waals surface area contributed by atoms with Gasteiger partial charge in [-0.1, -0.05) is 24.3 Å². The highest BCUT2D eigenvalue weighted by atomic mass is 16.5. The molecular weight excluding hydrogens is 304 g/mol. The maximum Gasteiger partial charge on any atom is 0.268 e. The van der Waals surface area contributed by atoms with Crippen LogP contribution in [-0.2, 0) is 11.3 Å². The van der Waals surface area contributed by atoms with Crippen LogP contribution in [-0.4, -0.2) is 17.4 Å². The van der Waals surface area contributed by atoms with E-state index in [0.29, 0.717) is 24.7 Å². The molecule has 2 aromatic rings. The molecule has 0 fully saturated rings. The zero-order valence-electron chi connectivity index (χ0n) is 13.7. The Kier molecular flexibility index (Phi) is 4.77. The van der Waals surface area contributed by atoms with Gasteiger partial charge in [0.1, 0.15) is 11.4 Å². The Morgan fingerprint density at radius 1 is 1.25 bits per heavy atom. The first kappa shape index (κ1) is 16.0. The number of para-hydroxylation sites is 1. The van der Waals surface area contributed by atoms with Crippen molar-refractivity contribution in [2.45, 2.75) is 20.4 Å². The molecule has 0 radical (unpaired) electrons. The number of pyridine rings is 1. The number of aryl methyl sites for hydroxylation is 2. The third kappa shape index (κ3) is 3.55. The van der Waals surface area contributed by atoms with Gasteiger partial charge in [-0.3, -0.25) is 4.79 Å². The van der Waals surface area contributed by atoms with E-state index in [-0.39, 0.29) is 5.91 Å². The molecule has 0 unspecified atom stereocenters. The summed E-state index contributed by atoms with van der Waals surface area (Å²) in [6.07, 6.45) is 3.48. The van der Waals surface area contributed by atoms with Gasteiger partial charge in [0, 0.05) is 24.8 Å². The van der Waals surface area contributed by atoms with Crippen LogP contribution in [0.1, 0.15) is 16.7 Å². The average Bonchev–Trinajstić information content (AvgIpc) is 3.12. The second-order valence-corrected chi connectivity index (χ2v) is 5.60. The number of nitrogens with zero attached hydrogens (tertiary/aromatic N) is 1. The van der Waals surface area contributed by atoms with Gasteiger partial charge in [0.15, 0.2) is 0 Å². The first-order valence-corrected chi connectivity index (χ1v) is 7.80. The molecule has 6 nitrogen and oxygen atoms in total. The molecule has 6 heteroatoms. The van der Waals surface area contributed by atoms with Crippen molar-refractivity contribution in [1.29, 1.82) is 0 Å². The molecule has 1 aliphatic heterocycles. The van der Waals surface area contributed by atoms with Crippen molar-refractivity contribution in [3.8, 4) is 11.6 Å². The van der Waals surface area contributed by atoms with Crippen LogP contribution < -0.4 is 20.9 Å². The molecule has 1 aromatic heterocycles. The molecule has 124 valence electrons. The minimum absolute atomic E-state index is 0.165. The van der Waals surface area contributed by atoms with E-state index in [1.165, 1.54) is 0 Å². The van der Waals surface area contributed by atoms with Crippen LogP contribution in [0.5, 0.6) is 11.6 Å². The molecule has 1 amide bonds. The lowest BCUT2D eigenvalue weighted by molar-refractivity contribution is -0.118. The number of hydrazine groups is 1. The molecule has 0 aliphatic carbocycles. The van der Waals surface area contributed by atoms with Crippen LogP contribution in [0.3, 0.4) is 0 Å². The van der Waals surface area contributed by atoms with Gasteiger partial charge in [0.2, 0.25) is 5.88 Å². The quantitative estimate of drug-likeness (QED) is 0.785. The number of carbonyl (C=O) groups is 1. The molecular formula is C18H20N4O2. The van der Waals surface area contributed by atoms with Crippen LogP contribution in [0, 0.1) is 13.8 Å². The normalized spacial score (nSPS) is 13.2. The van der Waals surface area contributed by atoms with Gasteiger partial charge < -0.3 is 15.5 Å². The van der Waals surface area contributed by atoms with Crippen molar-refractivity contribution in [2.75, 3.05) is 6.54 Å². The van der Waals surface area contributed by atoms with Crippen molar-refractivity contribution >= 4 is 5.91 Å². The fourth-order valence-corrected chi connectivity index (χ4v) is 2.48. The first-order valence-electron chi connectivity index (χ1n) is 7.80. The molecule has 1 aliphatic rings. The van der Waals surface area contributed by atoms with E-state index in [9.17, 15) is 4.79 Å². The van der Waals surface area contributed by atoms with Crippen molar-refractivity contribution in [3.63, 3.8) is 0 Å².